The average Bonchev–Trinajstić information content (AvgIpc) is 2.88. The lowest BCUT2D eigenvalue weighted by Crippen LogP contribution is -2.31. The van der Waals surface area contributed by atoms with E-state index in [1.54, 1.807) is 25.5 Å². The molecule has 21 heavy (non-hydrogen) atoms. The number of anilines is 2. The molecule has 0 bridgehead atoms. The van der Waals surface area contributed by atoms with Crippen LogP contribution in [0.1, 0.15) is 0 Å². The average molecular weight is 280 g/mol. The van der Waals surface area contributed by atoms with Crippen molar-refractivity contribution in [1.29, 1.82) is 0 Å². The predicted molar refractivity (Wildman–Crippen MR) is 84.6 cm³/mol. The first-order chi connectivity index (χ1) is 10.1. The molecule has 2 aromatic heterocycles. The number of carbonyl (C=O) groups is 1. The number of rotatable bonds is 2. The van der Waals surface area contributed by atoms with Crippen molar-refractivity contribution in [2.75, 3.05) is 17.3 Å². The van der Waals surface area contributed by atoms with E-state index in [0.29, 0.717) is 0 Å². The molecular formula is C16H16N4O. The summed E-state index contributed by atoms with van der Waals surface area (Å²) in [6, 6.07) is 11.3. The van der Waals surface area contributed by atoms with Gasteiger partial charge in [0.2, 0.25) is 0 Å². The van der Waals surface area contributed by atoms with Crippen LogP contribution in [0, 0.1) is 0 Å². The lowest BCUT2D eigenvalue weighted by molar-refractivity contribution is 0.258. The Labute approximate surface area is 122 Å². The normalized spacial score (nSPS) is 10.6. The van der Waals surface area contributed by atoms with Gasteiger partial charge in [0.15, 0.2) is 0 Å². The van der Waals surface area contributed by atoms with Crippen molar-refractivity contribution >= 4 is 28.3 Å². The molecule has 0 spiro atoms. The van der Waals surface area contributed by atoms with E-state index in [9.17, 15) is 4.79 Å². The van der Waals surface area contributed by atoms with Crippen molar-refractivity contribution in [2.24, 2.45) is 7.05 Å². The number of benzene rings is 1. The molecule has 1 aromatic carbocycles. The summed E-state index contributed by atoms with van der Waals surface area (Å²) < 4.78 is 2.04. The summed E-state index contributed by atoms with van der Waals surface area (Å²) in [5, 5.41) is 3.99. The number of nitrogens with zero attached hydrogens (tertiary/aromatic N) is 3. The second-order valence-corrected chi connectivity index (χ2v) is 4.90. The van der Waals surface area contributed by atoms with Gasteiger partial charge in [-0.25, -0.2) is 4.79 Å². The molecule has 3 rings (SSSR count). The van der Waals surface area contributed by atoms with Crippen molar-refractivity contribution in [2.45, 2.75) is 0 Å². The van der Waals surface area contributed by atoms with Crippen LogP contribution in [0.2, 0.25) is 0 Å². The third-order valence-electron chi connectivity index (χ3n) is 3.47. The monoisotopic (exact) mass is 280 g/mol. The number of nitrogens with one attached hydrogen (secondary N) is 1. The number of hydrogen-bond acceptors (Lipinski definition) is 2. The summed E-state index contributed by atoms with van der Waals surface area (Å²) in [7, 11) is 3.71. The molecule has 106 valence electrons. The Morgan fingerprint density at radius 2 is 2.14 bits per heavy atom. The lowest BCUT2D eigenvalue weighted by atomic mass is 10.2. The van der Waals surface area contributed by atoms with E-state index < -0.39 is 0 Å². The predicted octanol–water partition coefficient (Wildman–Crippen LogP) is 3.24. The van der Waals surface area contributed by atoms with Crippen LogP contribution in [0.3, 0.4) is 0 Å². The number of amides is 2. The highest BCUT2D eigenvalue weighted by Crippen LogP contribution is 2.20. The fourth-order valence-corrected chi connectivity index (χ4v) is 2.24. The van der Waals surface area contributed by atoms with Gasteiger partial charge >= 0.3 is 6.03 Å². The van der Waals surface area contributed by atoms with Crippen LogP contribution in [0.15, 0.2) is 55.0 Å². The van der Waals surface area contributed by atoms with Gasteiger partial charge in [0.1, 0.15) is 0 Å². The van der Waals surface area contributed by atoms with E-state index in [0.717, 1.165) is 22.3 Å². The minimum Gasteiger partial charge on any atom is -0.351 e. The molecular weight excluding hydrogens is 264 g/mol. The quantitative estimate of drug-likeness (QED) is 0.783. The van der Waals surface area contributed by atoms with Crippen LogP contribution in [0.5, 0.6) is 0 Å². The highest BCUT2D eigenvalue weighted by Gasteiger charge is 2.11. The molecule has 0 aliphatic carbocycles. The summed E-state index contributed by atoms with van der Waals surface area (Å²) in [5.74, 6) is 0. The molecule has 0 fully saturated rings. The van der Waals surface area contributed by atoms with Gasteiger partial charge < -0.3 is 9.88 Å². The fourth-order valence-electron chi connectivity index (χ4n) is 2.24. The zero-order valence-corrected chi connectivity index (χ0v) is 11.9. The minimum absolute atomic E-state index is 0.196. The number of fused-ring (bicyclic) bond motifs is 1. The number of aromatic nitrogens is 2. The maximum atomic E-state index is 12.2. The van der Waals surface area contributed by atoms with Crippen LogP contribution < -0.4 is 10.2 Å². The zero-order valence-electron chi connectivity index (χ0n) is 11.9. The van der Waals surface area contributed by atoms with Crippen molar-refractivity contribution in [3.05, 3.63) is 55.0 Å². The summed E-state index contributed by atoms with van der Waals surface area (Å²) in [4.78, 5) is 17.8. The summed E-state index contributed by atoms with van der Waals surface area (Å²) in [6.07, 6.45) is 5.33. The van der Waals surface area contributed by atoms with Crippen LogP contribution in [0.4, 0.5) is 16.2 Å². The summed E-state index contributed by atoms with van der Waals surface area (Å²) in [5.41, 5.74) is 2.65. The van der Waals surface area contributed by atoms with Crippen LogP contribution >= 0.6 is 0 Å². The van der Waals surface area contributed by atoms with Crippen LogP contribution in [0.25, 0.3) is 10.9 Å². The molecule has 0 saturated heterocycles. The Morgan fingerprint density at radius 3 is 2.90 bits per heavy atom. The number of hydrogen-bond donors (Lipinski definition) is 1. The SMILES string of the molecule is CN(C(=O)Nc1ccc2c(ccn2C)c1)c1cccnc1. The lowest BCUT2D eigenvalue weighted by Gasteiger charge is -2.17. The molecule has 0 unspecified atom stereocenters. The van der Waals surface area contributed by atoms with Gasteiger partial charge in [0.25, 0.3) is 0 Å². The maximum absolute atomic E-state index is 12.2. The van der Waals surface area contributed by atoms with Crippen molar-refractivity contribution in [1.82, 2.24) is 9.55 Å². The first kappa shape index (κ1) is 13.2. The fraction of sp³-hybridized carbons (Fsp3) is 0.125. The number of carbonyl (C=O) groups excluding carboxylic acids is 1. The van der Waals surface area contributed by atoms with E-state index in [1.807, 2.05) is 48.1 Å². The molecule has 3 aromatic rings. The third kappa shape index (κ3) is 2.58. The van der Waals surface area contributed by atoms with Crippen LogP contribution in [-0.4, -0.2) is 22.6 Å². The van der Waals surface area contributed by atoms with Gasteiger partial charge in [0, 0.05) is 43.1 Å². The molecule has 0 radical (unpaired) electrons. The van der Waals surface area contributed by atoms with E-state index in [1.165, 1.54) is 4.90 Å². The number of pyridine rings is 1. The molecule has 5 nitrogen and oxygen atoms in total. The Morgan fingerprint density at radius 1 is 1.29 bits per heavy atom. The van der Waals surface area contributed by atoms with E-state index >= 15 is 0 Å². The van der Waals surface area contributed by atoms with Gasteiger partial charge in [-0.15, -0.1) is 0 Å². The smallest absolute Gasteiger partial charge is 0.326 e. The van der Waals surface area contributed by atoms with Gasteiger partial charge in [0.05, 0.1) is 11.9 Å². The molecule has 5 heteroatoms. The van der Waals surface area contributed by atoms with E-state index in [4.69, 9.17) is 0 Å². The summed E-state index contributed by atoms with van der Waals surface area (Å²) in [6.45, 7) is 0. The van der Waals surface area contributed by atoms with Gasteiger partial charge in [-0.2, -0.15) is 0 Å². The Bertz CT molecular complexity index is 779. The molecule has 2 amide bonds. The first-order valence-electron chi connectivity index (χ1n) is 6.65. The molecule has 0 aliphatic rings. The van der Waals surface area contributed by atoms with Crippen molar-refractivity contribution in [3.63, 3.8) is 0 Å². The van der Waals surface area contributed by atoms with Gasteiger partial charge in [-0.1, -0.05) is 0 Å². The topological polar surface area (TPSA) is 50.2 Å². The van der Waals surface area contributed by atoms with E-state index in [2.05, 4.69) is 10.3 Å². The maximum Gasteiger partial charge on any atom is 0.326 e. The highest BCUT2D eigenvalue weighted by molar-refractivity contribution is 6.02. The molecule has 0 atom stereocenters. The van der Waals surface area contributed by atoms with Crippen molar-refractivity contribution < 1.29 is 4.79 Å². The second kappa shape index (κ2) is 5.28. The summed E-state index contributed by atoms with van der Waals surface area (Å²) >= 11 is 0. The molecule has 2 heterocycles. The zero-order chi connectivity index (χ0) is 14.8. The molecule has 0 saturated carbocycles. The Balaban J connectivity index is 1.79. The standard InChI is InChI=1S/C16H16N4O/c1-19-9-7-12-10-13(5-6-15(12)19)18-16(21)20(2)14-4-3-8-17-11-14/h3-11H,1-2H3,(H,18,21). The Kier molecular flexibility index (Phi) is 3.31. The van der Waals surface area contributed by atoms with Crippen molar-refractivity contribution in [3.8, 4) is 0 Å². The molecule has 1 N–H and O–H groups in total. The highest BCUT2D eigenvalue weighted by atomic mass is 16.2. The largest absolute Gasteiger partial charge is 0.351 e. The van der Waals surface area contributed by atoms with E-state index in [-0.39, 0.29) is 6.03 Å². The Hall–Kier alpha value is -2.82. The second-order valence-electron chi connectivity index (χ2n) is 4.90. The third-order valence-corrected chi connectivity index (χ3v) is 3.47. The van der Waals surface area contributed by atoms with Gasteiger partial charge in [-0.05, 0) is 36.4 Å². The number of urea groups is 1. The molecule has 0 aliphatic heterocycles. The number of aryl methyl sites for hydroxylation is 1. The van der Waals surface area contributed by atoms with Gasteiger partial charge in [-0.3, -0.25) is 9.88 Å². The first-order valence-corrected chi connectivity index (χ1v) is 6.65. The minimum atomic E-state index is -0.196. The van der Waals surface area contributed by atoms with Crippen LogP contribution in [-0.2, 0) is 7.05 Å².